The van der Waals surface area contributed by atoms with E-state index in [0.717, 1.165) is 0 Å². The lowest BCUT2D eigenvalue weighted by molar-refractivity contribution is 0.449. The average Bonchev–Trinajstić information content (AvgIpc) is 1.97. The molecule has 0 aliphatic rings. The maximum Gasteiger partial charge on any atom is 0.119 e. The first-order valence-corrected chi connectivity index (χ1v) is 3.39. The number of phenolic OH excluding ortho intramolecular Hbond substituents is 2. The van der Waals surface area contributed by atoms with Crippen LogP contribution in [0.5, 0.6) is 11.5 Å². The standard InChI is InChI=1S/C9H12O2/c1-2-3-7-4-8(10)6-9(11)5-7/h4-6,10-11H,2-3H2,1H3/i1D3. The molecule has 0 amide bonds. The van der Waals surface area contributed by atoms with Crippen LogP contribution in [-0.2, 0) is 6.42 Å². The second-order valence-corrected chi connectivity index (χ2v) is 2.36. The molecule has 0 unspecified atom stereocenters. The van der Waals surface area contributed by atoms with Crippen molar-refractivity contribution in [2.75, 3.05) is 0 Å². The smallest absolute Gasteiger partial charge is 0.119 e. The largest absolute Gasteiger partial charge is 0.508 e. The van der Waals surface area contributed by atoms with Crippen molar-refractivity contribution in [1.82, 2.24) is 0 Å². The number of aryl methyl sites for hydroxylation is 1. The molecule has 0 aliphatic carbocycles. The van der Waals surface area contributed by atoms with Gasteiger partial charge in [0.2, 0.25) is 0 Å². The Morgan fingerprint density at radius 1 is 1.27 bits per heavy atom. The monoisotopic (exact) mass is 155 g/mol. The number of aromatic hydroxyl groups is 2. The summed E-state index contributed by atoms with van der Waals surface area (Å²) in [6, 6.07) is 4.11. The normalized spacial score (nSPS) is 15.1. The Morgan fingerprint density at radius 2 is 1.91 bits per heavy atom. The predicted molar refractivity (Wildman–Crippen MR) is 43.8 cm³/mol. The minimum absolute atomic E-state index is 0.0376. The summed E-state index contributed by atoms with van der Waals surface area (Å²) < 4.78 is 21.0. The SMILES string of the molecule is [2H]C([2H])([2H])CCc1cc(O)cc(O)c1. The van der Waals surface area contributed by atoms with E-state index >= 15 is 0 Å². The van der Waals surface area contributed by atoms with Gasteiger partial charge in [0.05, 0.1) is 0 Å². The molecule has 0 saturated carbocycles. The zero-order chi connectivity index (χ0) is 10.8. The van der Waals surface area contributed by atoms with Crippen LogP contribution < -0.4 is 0 Å². The second-order valence-electron chi connectivity index (χ2n) is 2.36. The zero-order valence-corrected chi connectivity index (χ0v) is 6.04. The van der Waals surface area contributed by atoms with Crippen LogP contribution in [0, 0.1) is 0 Å². The first kappa shape index (κ1) is 4.65. The van der Waals surface area contributed by atoms with Crippen molar-refractivity contribution in [2.45, 2.75) is 19.7 Å². The van der Waals surface area contributed by atoms with Crippen molar-refractivity contribution in [3.8, 4) is 11.5 Å². The molecule has 1 aromatic carbocycles. The van der Waals surface area contributed by atoms with Crippen molar-refractivity contribution in [3.63, 3.8) is 0 Å². The Kier molecular flexibility index (Phi) is 1.39. The summed E-state index contributed by atoms with van der Waals surface area (Å²) in [5, 5.41) is 18.2. The van der Waals surface area contributed by atoms with Gasteiger partial charge in [-0.25, -0.2) is 0 Å². The van der Waals surface area contributed by atoms with Gasteiger partial charge < -0.3 is 10.2 Å². The molecule has 1 aromatic rings. The highest BCUT2D eigenvalue weighted by Gasteiger charge is 1.96. The minimum Gasteiger partial charge on any atom is -0.508 e. The second kappa shape index (κ2) is 3.28. The van der Waals surface area contributed by atoms with Crippen LogP contribution in [0.15, 0.2) is 18.2 Å². The summed E-state index contributed by atoms with van der Waals surface area (Å²) in [6.07, 6.45) is 0.356. The highest BCUT2D eigenvalue weighted by Crippen LogP contribution is 2.20. The molecular weight excluding hydrogens is 140 g/mol. The van der Waals surface area contributed by atoms with E-state index in [9.17, 15) is 0 Å². The summed E-state index contributed by atoms with van der Waals surface area (Å²) in [5.74, 6) is -0.101. The first-order valence-electron chi connectivity index (χ1n) is 4.89. The fourth-order valence-corrected chi connectivity index (χ4v) is 0.945. The Hall–Kier alpha value is -1.18. The quantitative estimate of drug-likeness (QED) is 0.686. The van der Waals surface area contributed by atoms with Gasteiger partial charge >= 0.3 is 0 Å². The molecule has 0 aromatic heterocycles. The maximum atomic E-state index is 9.12. The van der Waals surface area contributed by atoms with Crippen molar-refractivity contribution < 1.29 is 14.3 Å². The van der Waals surface area contributed by atoms with Crippen LogP contribution in [0.1, 0.15) is 22.9 Å². The summed E-state index contributed by atoms with van der Waals surface area (Å²) in [7, 11) is 0. The van der Waals surface area contributed by atoms with E-state index in [-0.39, 0.29) is 17.9 Å². The molecule has 1 rings (SSSR count). The summed E-state index contributed by atoms with van der Waals surface area (Å²) in [6.45, 7) is -1.97. The lowest BCUT2D eigenvalue weighted by atomic mass is 10.1. The molecule has 2 heteroatoms. The Morgan fingerprint density at radius 3 is 2.45 bits per heavy atom. The lowest BCUT2D eigenvalue weighted by Gasteiger charge is -2.00. The zero-order valence-electron chi connectivity index (χ0n) is 9.04. The van der Waals surface area contributed by atoms with Gasteiger partial charge in [-0.05, 0) is 24.1 Å². The molecule has 0 spiro atoms. The Labute approximate surface area is 70.3 Å². The van der Waals surface area contributed by atoms with Gasteiger partial charge in [-0.3, -0.25) is 0 Å². The third-order valence-corrected chi connectivity index (χ3v) is 1.38. The topological polar surface area (TPSA) is 40.5 Å². The van der Waals surface area contributed by atoms with Crippen molar-refractivity contribution >= 4 is 0 Å². The third kappa shape index (κ3) is 2.15. The molecule has 0 saturated heterocycles. The van der Waals surface area contributed by atoms with Crippen LogP contribution in [-0.4, -0.2) is 10.2 Å². The summed E-state index contributed by atoms with van der Waals surface area (Å²) >= 11 is 0. The maximum absolute atomic E-state index is 9.12. The van der Waals surface area contributed by atoms with Crippen LogP contribution in [0.3, 0.4) is 0 Å². The Bertz CT molecular complexity index is 300. The van der Waals surface area contributed by atoms with Gasteiger partial charge in [-0.1, -0.05) is 13.3 Å². The number of hydrogen-bond donors (Lipinski definition) is 2. The van der Waals surface area contributed by atoms with Crippen molar-refractivity contribution in [3.05, 3.63) is 23.8 Å². The van der Waals surface area contributed by atoms with Gasteiger partial charge in [0.25, 0.3) is 0 Å². The van der Waals surface area contributed by atoms with Crippen molar-refractivity contribution in [2.24, 2.45) is 0 Å². The fraction of sp³-hybridized carbons (Fsp3) is 0.333. The van der Waals surface area contributed by atoms with E-state index in [2.05, 4.69) is 0 Å². The van der Waals surface area contributed by atoms with E-state index < -0.39 is 6.85 Å². The van der Waals surface area contributed by atoms with Crippen LogP contribution >= 0.6 is 0 Å². The first-order chi connectivity index (χ1) is 6.37. The number of phenols is 2. The molecule has 60 valence electrons. The van der Waals surface area contributed by atoms with Gasteiger partial charge in [-0.15, -0.1) is 0 Å². The summed E-state index contributed by atoms with van der Waals surface area (Å²) in [4.78, 5) is 0. The predicted octanol–water partition coefficient (Wildman–Crippen LogP) is 2.05. The molecule has 0 radical (unpaired) electrons. The lowest BCUT2D eigenvalue weighted by Crippen LogP contribution is -1.81. The Balaban J connectivity index is 2.68. The van der Waals surface area contributed by atoms with Crippen LogP contribution in [0.4, 0.5) is 0 Å². The molecule has 0 heterocycles. The van der Waals surface area contributed by atoms with Gasteiger partial charge in [0.15, 0.2) is 0 Å². The molecule has 11 heavy (non-hydrogen) atoms. The fourth-order valence-electron chi connectivity index (χ4n) is 0.945. The van der Waals surface area contributed by atoms with Gasteiger partial charge in [0.1, 0.15) is 11.5 Å². The van der Waals surface area contributed by atoms with E-state index in [1.54, 1.807) is 0 Å². The molecule has 0 bridgehead atoms. The highest BCUT2D eigenvalue weighted by molar-refractivity contribution is 5.36. The van der Waals surface area contributed by atoms with E-state index in [1.165, 1.54) is 18.2 Å². The molecule has 0 fully saturated rings. The number of hydrogen-bond acceptors (Lipinski definition) is 2. The van der Waals surface area contributed by atoms with Crippen LogP contribution in [0.25, 0.3) is 0 Å². The van der Waals surface area contributed by atoms with E-state index in [4.69, 9.17) is 14.3 Å². The average molecular weight is 155 g/mol. The summed E-state index contributed by atoms with van der Waals surface area (Å²) in [5.41, 5.74) is 0.624. The van der Waals surface area contributed by atoms with E-state index in [0.29, 0.717) is 12.0 Å². The van der Waals surface area contributed by atoms with Crippen LogP contribution in [0.2, 0.25) is 0 Å². The van der Waals surface area contributed by atoms with Gasteiger partial charge in [0, 0.05) is 10.2 Å². The third-order valence-electron chi connectivity index (χ3n) is 1.38. The minimum atomic E-state index is -1.97. The van der Waals surface area contributed by atoms with Crippen molar-refractivity contribution in [1.29, 1.82) is 0 Å². The highest BCUT2D eigenvalue weighted by atomic mass is 16.3. The number of benzene rings is 1. The van der Waals surface area contributed by atoms with E-state index in [1.807, 2.05) is 0 Å². The number of rotatable bonds is 2. The molecular formula is C9H12O2. The molecule has 0 atom stereocenters. The van der Waals surface area contributed by atoms with Gasteiger partial charge in [-0.2, -0.15) is 0 Å². The molecule has 0 aliphatic heterocycles. The molecule has 2 N–H and O–H groups in total. The molecule has 2 nitrogen and oxygen atoms in total.